The van der Waals surface area contributed by atoms with Gasteiger partial charge in [-0.3, -0.25) is 4.79 Å². The molecule has 0 unspecified atom stereocenters. The number of hydrogen-bond acceptors (Lipinski definition) is 2. The highest BCUT2D eigenvalue weighted by atomic mass is 19.4. The topological polar surface area (TPSA) is 26.3 Å². The third kappa shape index (κ3) is 4.88. The summed E-state index contributed by atoms with van der Waals surface area (Å²) in [7, 11) is 0. The van der Waals surface area contributed by atoms with Gasteiger partial charge in [-0.2, -0.15) is 13.2 Å². The number of esters is 1. The lowest BCUT2D eigenvalue weighted by molar-refractivity contribution is -0.187. The fourth-order valence-corrected chi connectivity index (χ4v) is 3.86. The molecule has 2 rings (SSSR count). The van der Waals surface area contributed by atoms with Gasteiger partial charge in [0.15, 0.2) is 0 Å². The molecule has 0 bridgehead atoms. The first-order valence-electron chi connectivity index (χ1n) is 8.67. The highest BCUT2D eigenvalue weighted by molar-refractivity contribution is 5.72. The average Bonchev–Trinajstić information content (AvgIpc) is 2.49. The maximum Gasteiger partial charge on any atom is 0.391 e. The molecule has 0 amide bonds. The molecule has 22 heavy (non-hydrogen) atoms. The molecular formula is C17H27F3O2. The Morgan fingerprint density at radius 3 is 2.09 bits per heavy atom. The Balaban J connectivity index is 1.71. The van der Waals surface area contributed by atoms with E-state index in [9.17, 15) is 18.0 Å². The third-order valence-corrected chi connectivity index (χ3v) is 5.30. The molecule has 0 N–H and O–H groups in total. The molecule has 128 valence electrons. The van der Waals surface area contributed by atoms with Gasteiger partial charge in [-0.05, 0) is 57.3 Å². The van der Waals surface area contributed by atoms with Gasteiger partial charge in [0, 0.05) is 0 Å². The highest BCUT2D eigenvalue weighted by Crippen LogP contribution is 2.40. The van der Waals surface area contributed by atoms with Crippen LogP contribution in [0.25, 0.3) is 0 Å². The smallest absolute Gasteiger partial charge is 0.391 e. The maximum atomic E-state index is 12.6. The maximum absolute atomic E-state index is 12.6. The summed E-state index contributed by atoms with van der Waals surface area (Å²) in [4.78, 5) is 12.1. The van der Waals surface area contributed by atoms with Crippen LogP contribution in [0.1, 0.15) is 71.1 Å². The molecule has 0 aromatic heterocycles. The third-order valence-electron chi connectivity index (χ3n) is 5.30. The number of rotatable bonds is 4. The van der Waals surface area contributed by atoms with E-state index in [1.54, 1.807) is 0 Å². The SMILES string of the molecule is CCC[C@H]1CC[C@H](OC(=O)[C@H]2CC[C@H](C(F)(F)F)CC2)CC1. The van der Waals surface area contributed by atoms with Gasteiger partial charge in [0.05, 0.1) is 11.8 Å². The van der Waals surface area contributed by atoms with Gasteiger partial charge in [-0.25, -0.2) is 0 Å². The number of halogens is 3. The zero-order chi connectivity index (χ0) is 16.2. The Hall–Kier alpha value is -0.740. The van der Waals surface area contributed by atoms with E-state index in [1.165, 1.54) is 12.8 Å². The summed E-state index contributed by atoms with van der Waals surface area (Å²) in [6.07, 6.45) is 3.08. The normalized spacial score (nSPS) is 33.5. The van der Waals surface area contributed by atoms with E-state index in [0.717, 1.165) is 31.6 Å². The van der Waals surface area contributed by atoms with Crippen molar-refractivity contribution in [3.8, 4) is 0 Å². The molecule has 2 saturated carbocycles. The minimum Gasteiger partial charge on any atom is -0.462 e. The lowest BCUT2D eigenvalue weighted by Crippen LogP contribution is -2.33. The van der Waals surface area contributed by atoms with Crippen LogP contribution >= 0.6 is 0 Å². The lowest BCUT2D eigenvalue weighted by atomic mass is 9.81. The van der Waals surface area contributed by atoms with E-state index in [4.69, 9.17) is 4.74 Å². The molecule has 0 spiro atoms. The fourth-order valence-electron chi connectivity index (χ4n) is 3.86. The van der Waals surface area contributed by atoms with E-state index >= 15 is 0 Å². The van der Waals surface area contributed by atoms with Crippen molar-refractivity contribution in [3.05, 3.63) is 0 Å². The predicted octanol–water partition coefficient (Wildman–Crippen LogP) is 5.26. The van der Waals surface area contributed by atoms with Crippen LogP contribution in [0.5, 0.6) is 0 Å². The van der Waals surface area contributed by atoms with Crippen LogP contribution in [0.15, 0.2) is 0 Å². The summed E-state index contributed by atoms with van der Waals surface area (Å²) in [5.74, 6) is -1.07. The monoisotopic (exact) mass is 320 g/mol. The molecule has 2 nitrogen and oxygen atoms in total. The largest absolute Gasteiger partial charge is 0.462 e. The summed E-state index contributed by atoms with van der Waals surface area (Å²) in [5, 5.41) is 0. The van der Waals surface area contributed by atoms with Crippen molar-refractivity contribution in [1.82, 2.24) is 0 Å². The molecule has 5 heteroatoms. The molecule has 2 fully saturated rings. The molecule has 0 aromatic rings. The second-order valence-corrected chi connectivity index (χ2v) is 6.96. The molecule has 0 aliphatic heterocycles. The van der Waals surface area contributed by atoms with Crippen LogP contribution < -0.4 is 0 Å². The lowest BCUT2D eigenvalue weighted by Gasteiger charge is -2.32. The van der Waals surface area contributed by atoms with Gasteiger partial charge in [0.2, 0.25) is 0 Å². The van der Waals surface area contributed by atoms with E-state index in [0.29, 0.717) is 12.8 Å². The summed E-state index contributed by atoms with van der Waals surface area (Å²) < 4.78 is 43.4. The first-order valence-corrected chi connectivity index (χ1v) is 8.67. The van der Waals surface area contributed by atoms with Crippen LogP contribution in [-0.4, -0.2) is 18.2 Å². The first-order chi connectivity index (χ1) is 10.4. The van der Waals surface area contributed by atoms with Gasteiger partial charge >= 0.3 is 12.1 Å². The number of carbonyl (C=O) groups is 1. The fraction of sp³-hybridized carbons (Fsp3) is 0.941. The average molecular weight is 320 g/mol. The Morgan fingerprint density at radius 1 is 1.00 bits per heavy atom. The second kappa shape index (κ2) is 7.69. The predicted molar refractivity (Wildman–Crippen MR) is 78.2 cm³/mol. The van der Waals surface area contributed by atoms with Crippen molar-refractivity contribution in [2.24, 2.45) is 17.8 Å². The summed E-state index contributed by atoms with van der Waals surface area (Å²) in [6.45, 7) is 2.18. The number of hydrogen-bond donors (Lipinski definition) is 0. The molecule has 2 aliphatic carbocycles. The van der Waals surface area contributed by atoms with Crippen LogP contribution in [0.4, 0.5) is 13.2 Å². The van der Waals surface area contributed by atoms with Crippen molar-refractivity contribution < 1.29 is 22.7 Å². The van der Waals surface area contributed by atoms with Crippen molar-refractivity contribution in [2.75, 3.05) is 0 Å². The zero-order valence-corrected chi connectivity index (χ0v) is 13.3. The van der Waals surface area contributed by atoms with Crippen LogP contribution in [0.2, 0.25) is 0 Å². The van der Waals surface area contributed by atoms with Gasteiger partial charge in [0.1, 0.15) is 6.10 Å². The quantitative estimate of drug-likeness (QED) is 0.661. The number of alkyl halides is 3. The van der Waals surface area contributed by atoms with Crippen molar-refractivity contribution in [2.45, 2.75) is 83.4 Å². The Kier molecular flexibility index (Phi) is 6.16. The van der Waals surface area contributed by atoms with E-state index in [1.807, 2.05) is 0 Å². The molecule has 0 radical (unpaired) electrons. The first kappa shape index (κ1) is 17.6. The number of carbonyl (C=O) groups excluding carboxylic acids is 1. The van der Waals surface area contributed by atoms with Crippen LogP contribution in [0, 0.1) is 17.8 Å². The van der Waals surface area contributed by atoms with Gasteiger partial charge in [-0.15, -0.1) is 0 Å². The van der Waals surface area contributed by atoms with E-state index < -0.39 is 12.1 Å². The Labute approximate surface area is 130 Å². The second-order valence-electron chi connectivity index (χ2n) is 6.96. The molecule has 0 heterocycles. The van der Waals surface area contributed by atoms with Crippen LogP contribution in [-0.2, 0) is 9.53 Å². The van der Waals surface area contributed by atoms with Gasteiger partial charge < -0.3 is 4.74 Å². The van der Waals surface area contributed by atoms with Crippen molar-refractivity contribution in [1.29, 1.82) is 0 Å². The van der Waals surface area contributed by atoms with Crippen LogP contribution in [0.3, 0.4) is 0 Å². The van der Waals surface area contributed by atoms with E-state index in [-0.39, 0.29) is 30.8 Å². The molecule has 0 atom stereocenters. The number of ether oxygens (including phenoxy) is 1. The van der Waals surface area contributed by atoms with E-state index in [2.05, 4.69) is 6.92 Å². The zero-order valence-electron chi connectivity index (χ0n) is 13.3. The standard InChI is InChI=1S/C17H27F3O2/c1-2-3-12-4-10-15(11-5-12)22-16(21)13-6-8-14(9-7-13)17(18,19)20/h12-15H,2-11H2,1H3/t12-,13-,14-,15-. The Bertz CT molecular complexity index is 351. The van der Waals surface area contributed by atoms with Gasteiger partial charge in [0.25, 0.3) is 0 Å². The van der Waals surface area contributed by atoms with Crippen molar-refractivity contribution in [3.63, 3.8) is 0 Å². The molecule has 0 saturated heterocycles. The molecular weight excluding hydrogens is 293 g/mol. The summed E-state index contributed by atoms with van der Waals surface area (Å²) in [6, 6.07) is 0. The summed E-state index contributed by atoms with van der Waals surface area (Å²) >= 11 is 0. The highest BCUT2D eigenvalue weighted by Gasteiger charge is 2.43. The summed E-state index contributed by atoms with van der Waals surface area (Å²) in [5.41, 5.74) is 0. The Morgan fingerprint density at radius 2 is 1.59 bits per heavy atom. The van der Waals surface area contributed by atoms with Gasteiger partial charge in [-0.1, -0.05) is 19.8 Å². The molecule has 0 aromatic carbocycles. The molecule has 2 aliphatic rings. The minimum absolute atomic E-state index is 0.0130. The van der Waals surface area contributed by atoms with Crippen molar-refractivity contribution >= 4 is 5.97 Å². The minimum atomic E-state index is -4.12.